The Bertz CT molecular complexity index is 633. The molecule has 1 amide bonds. The van der Waals surface area contributed by atoms with E-state index in [1.54, 1.807) is 28.9 Å². The Morgan fingerprint density at radius 3 is 2.70 bits per heavy atom. The number of nitrogens with two attached hydrogens (primary N) is 1. The Balaban J connectivity index is 0.00000147. The average Bonchev–Trinajstić information content (AvgIpc) is 2.94. The first-order valence-corrected chi connectivity index (χ1v) is 6.37. The molecule has 0 radical (unpaired) electrons. The molecule has 0 fully saturated rings. The minimum Gasteiger partial charge on any atom is -0.399 e. The zero-order valence-electron chi connectivity index (χ0n) is 11.2. The van der Waals surface area contributed by atoms with Gasteiger partial charge in [-0.05, 0) is 43.5 Å². The second-order valence-electron chi connectivity index (χ2n) is 4.83. The SMILES string of the molecule is Cl.Cn1nc2c(c1NC(=O)c1ccc(N)cc1)CCC2. The molecule has 0 unspecified atom stereocenters. The predicted molar refractivity (Wildman–Crippen MR) is 81.3 cm³/mol. The lowest BCUT2D eigenvalue weighted by Crippen LogP contribution is -2.15. The largest absolute Gasteiger partial charge is 0.399 e. The maximum absolute atomic E-state index is 12.2. The number of carbonyl (C=O) groups excluding carboxylic acids is 1. The maximum atomic E-state index is 12.2. The fourth-order valence-electron chi connectivity index (χ4n) is 2.49. The highest BCUT2D eigenvalue weighted by Crippen LogP contribution is 2.28. The number of rotatable bonds is 2. The molecular weight excluding hydrogens is 276 g/mol. The number of hydrogen-bond donors (Lipinski definition) is 2. The number of anilines is 2. The predicted octanol–water partition coefficient (Wildman–Crippen LogP) is 2.17. The van der Waals surface area contributed by atoms with E-state index >= 15 is 0 Å². The van der Waals surface area contributed by atoms with E-state index in [4.69, 9.17) is 5.73 Å². The van der Waals surface area contributed by atoms with Crippen molar-refractivity contribution < 1.29 is 4.79 Å². The van der Waals surface area contributed by atoms with Crippen LogP contribution in [0, 0.1) is 0 Å². The minimum absolute atomic E-state index is 0. The molecule has 5 nitrogen and oxygen atoms in total. The molecule has 0 atom stereocenters. The van der Waals surface area contributed by atoms with Crippen LogP contribution in [0.4, 0.5) is 11.5 Å². The number of hydrogen-bond acceptors (Lipinski definition) is 3. The van der Waals surface area contributed by atoms with Gasteiger partial charge in [0.25, 0.3) is 5.91 Å². The number of nitrogens with zero attached hydrogens (tertiary/aromatic N) is 2. The molecule has 0 spiro atoms. The lowest BCUT2D eigenvalue weighted by atomic mass is 10.2. The molecule has 2 aromatic rings. The molecule has 3 N–H and O–H groups in total. The number of aromatic nitrogens is 2. The highest BCUT2D eigenvalue weighted by Gasteiger charge is 2.22. The third-order valence-corrected chi connectivity index (χ3v) is 3.47. The van der Waals surface area contributed by atoms with Crippen molar-refractivity contribution in [1.29, 1.82) is 0 Å². The summed E-state index contributed by atoms with van der Waals surface area (Å²) in [6.45, 7) is 0. The van der Waals surface area contributed by atoms with Crippen LogP contribution in [0.25, 0.3) is 0 Å². The lowest BCUT2D eigenvalue weighted by molar-refractivity contribution is 0.102. The molecule has 0 aliphatic heterocycles. The molecule has 1 aromatic carbocycles. The Morgan fingerprint density at radius 1 is 1.30 bits per heavy atom. The number of halogens is 1. The van der Waals surface area contributed by atoms with Crippen LogP contribution in [0.2, 0.25) is 0 Å². The van der Waals surface area contributed by atoms with Gasteiger partial charge in [0.1, 0.15) is 5.82 Å². The van der Waals surface area contributed by atoms with Crippen molar-refractivity contribution in [2.75, 3.05) is 11.1 Å². The number of fused-ring (bicyclic) bond motifs is 1. The third-order valence-electron chi connectivity index (χ3n) is 3.47. The number of carbonyl (C=O) groups is 1. The summed E-state index contributed by atoms with van der Waals surface area (Å²) in [4.78, 5) is 12.2. The first kappa shape index (κ1) is 14.4. The van der Waals surface area contributed by atoms with Crippen molar-refractivity contribution in [1.82, 2.24) is 9.78 Å². The smallest absolute Gasteiger partial charge is 0.256 e. The molecule has 1 heterocycles. The van der Waals surface area contributed by atoms with E-state index in [1.165, 1.54) is 5.56 Å². The summed E-state index contributed by atoms with van der Waals surface area (Å²) in [7, 11) is 1.86. The zero-order chi connectivity index (χ0) is 13.4. The second kappa shape index (κ2) is 5.54. The number of nitrogens with one attached hydrogen (secondary N) is 1. The van der Waals surface area contributed by atoms with Crippen molar-refractivity contribution >= 4 is 29.8 Å². The Kier molecular flexibility index (Phi) is 3.99. The maximum Gasteiger partial charge on any atom is 0.256 e. The van der Waals surface area contributed by atoms with Crippen LogP contribution in [-0.4, -0.2) is 15.7 Å². The van der Waals surface area contributed by atoms with Gasteiger partial charge < -0.3 is 11.1 Å². The van der Waals surface area contributed by atoms with Gasteiger partial charge in [-0.1, -0.05) is 0 Å². The van der Waals surface area contributed by atoms with E-state index < -0.39 is 0 Å². The topological polar surface area (TPSA) is 72.9 Å². The van der Waals surface area contributed by atoms with Gasteiger partial charge in [-0.25, -0.2) is 0 Å². The van der Waals surface area contributed by atoms with Crippen LogP contribution in [0.1, 0.15) is 28.0 Å². The van der Waals surface area contributed by atoms with Crippen LogP contribution in [-0.2, 0) is 19.9 Å². The van der Waals surface area contributed by atoms with Crippen LogP contribution in [0.3, 0.4) is 0 Å². The van der Waals surface area contributed by atoms with E-state index in [1.807, 2.05) is 7.05 Å². The van der Waals surface area contributed by atoms with Gasteiger partial charge >= 0.3 is 0 Å². The van der Waals surface area contributed by atoms with E-state index in [0.29, 0.717) is 11.3 Å². The van der Waals surface area contributed by atoms with Crippen molar-refractivity contribution in [2.45, 2.75) is 19.3 Å². The third kappa shape index (κ3) is 2.49. The molecule has 0 saturated heterocycles. The highest BCUT2D eigenvalue weighted by molar-refractivity contribution is 6.04. The van der Waals surface area contributed by atoms with Gasteiger partial charge in [0.2, 0.25) is 0 Å². The molecule has 1 aliphatic carbocycles. The molecule has 106 valence electrons. The first-order chi connectivity index (χ1) is 9.15. The van der Waals surface area contributed by atoms with Crippen LogP contribution in [0.5, 0.6) is 0 Å². The lowest BCUT2D eigenvalue weighted by Gasteiger charge is -2.07. The van der Waals surface area contributed by atoms with Crippen molar-refractivity contribution in [2.24, 2.45) is 7.05 Å². The van der Waals surface area contributed by atoms with Crippen molar-refractivity contribution in [3.8, 4) is 0 Å². The summed E-state index contributed by atoms with van der Waals surface area (Å²) < 4.78 is 1.75. The van der Waals surface area contributed by atoms with Gasteiger partial charge in [-0.3, -0.25) is 9.48 Å². The van der Waals surface area contributed by atoms with Crippen molar-refractivity contribution in [3.05, 3.63) is 41.1 Å². The monoisotopic (exact) mass is 292 g/mol. The summed E-state index contributed by atoms with van der Waals surface area (Å²) in [5, 5.41) is 7.38. The zero-order valence-corrected chi connectivity index (χ0v) is 12.0. The summed E-state index contributed by atoms with van der Waals surface area (Å²) >= 11 is 0. The van der Waals surface area contributed by atoms with Gasteiger partial charge in [-0.2, -0.15) is 5.10 Å². The van der Waals surface area contributed by atoms with Gasteiger partial charge in [-0.15, -0.1) is 12.4 Å². The molecule has 0 saturated carbocycles. The highest BCUT2D eigenvalue weighted by atomic mass is 35.5. The second-order valence-corrected chi connectivity index (χ2v) is 4.83. The van der Waals surface area contributed by atoms with Crippen LogP contribution >= 0.6 is 12.4 Å². The van der Waals surface area contributed by atoms with E-state index in [0.717, 1.165) is 30.8 Å². The molecule has 1 aliphatic rings. The van der Waals surface area contributed by atoms with E-state index in [-0.39, 0.29) is 18.3 Å². The van der Waals surface area contributed by atoms with Crippen LogP contribution < -0.4 is 11.1 Å². The van der Waals surface area contributed by atoms with Gasteiger partial charge in [0.05, 0.1) is 5.69 Å². The standard InChI is InChI=1S/C14H16N4O.ClH/c1-18-13(11-3-2-4-12(11)17-18)16-14(19)9-5-7-10(15)8-6-9;/h5-8H,2-4,15H2,1H3,(H,16,19);1H. The van der Waals surface area contributed by atoms with Gasteiger partial charge in [0.15, 0.2) is 0 Å². The molecule has 3 rings (SSSR count). The van der Waals surface area contributed by atoms with E-state index in [2.05, 4.69) is 10.4 Å². The Hall–Kier alpha value is -2.01. The fraction of sp³-hybridized carbons (Fsp3) is 0.286. The molecule has 0 bridgehead atoms. The molecular formula is C14H17ClN4O. The van der Waals surface area contributed by atoms with E-state index in [9.17, 15) is 4.79 Å². The molecule has 6 heteroatoms. The number of benzene rings is 1. The number of nitrogen functional groups attached to an aromatic ring is 1. The van der Waals surface area contributed by atoms with Crippen LogP contribution in [0.15, 0.2) is 24.3 Å². The summed E-state index contributed by atoms with van der Waals surface area (Å²) in [6, 6.07) is 6.90. The summed E-state index contributed by atoms with van der Waals surface area (Å²) in [6.07, 6.45) is 3.10. The first-order valence-electron chi connectivity index (χ1n) is 6.37. The average molecular weight is 293 g/mol. The fourth-order valence-corrected chi connectivity index (χ4v) is 2.49. The van der Waals surface area contributed by atoms with Gasteiger partial charge in [0, 0.05) is 23.9 Å². The Labute approximate surface area is 123 Å². The molecule has 20 heavy (non-hydrogen) atoms. The minimum atomic E-state index is -0.127. The number of aryl methyl sites for hydroxylation is 2. The normalized spacial score (nSPS) is 12.7. The summed E-state index contributed by atoms with van der Waals surface area (Å²) in [5.74, 6) is 0.687. The number of amides is 1. The Morgan fingerprint density at radius 2 is 2.00 bits per heavy atom. The molecule has 1 aromatic heterocycles. The summed E-state index contributed by atoms with van der Waals surface area (Å²) in [5.41, 5.74) is 9.14. The van der Waals surface area contributed by atoms with Crippen molar-refractivity contribution in [3.63, 3.8) is 0 Å². The quantitative estimate of drug-likeness (QED) is 0.833.